The van der Waals surface area contributed by atoms with Crippen molar-refractivity contribution >= 4 is 17.6 Å². The summed E-state index contributed by atoms with van der Waals surface area (Å²) in [5, 5.41) is 0. The summed E-state index contributed by atoms with van der Waals surface area (Å²) in [6.45, 7) is 7.01. The summed E-state index contributed by atoms with van der Waals surface area (Å²) < 4.78 is 5.04. The summed E-state index contributed by atoms with van der Waals surface area (Å²) >= 11 is 5.86. The van der Waals surface area contributed by atoms with Crippen LogP contribution in [-0.2, 0) is 9.53 Å². The minimum absolute atomic E-state index is 0.132. The molecule has 1 aliphatic rings. The van der Waals surface area contributed by atoms with Gasteiger partial charge in [0.1, 0.15) is 5.41 Å². The second kappa shape index (κ2) is 5.71. The van der Waals surface area contributed by atoms with Gasteiger partial charge in [-0.05, 0) is 19.9 Å². The lowest BCUT2D eigenvalue weighted by Gasteiger charge is -2.47. The first-order chi connectivity index (χ1) is 7.18. The van der Waals surface area contributed by atoms with Crippen LogP contribution in [0.5, 0.6) is 0 Å². The van der Waals surface area contributed by atoms with Gasteiger partial charge in [-0.3, -0.25) is 4.79 Å². The van der Waals surface area contributed by atoms with Gasteiger partial charge in [-0.15, -0.1) is 11.6 Å². The average molecular weight is 234 g/mol. The van der Waals surface area contributed by atoms with Gasteiger partial charge in [0, 0.05) is 19.0 Å². The van der Waals surface area contributed by atoms with E-state index in [1.54, 1.807) is 0 Å². The maximum Gasteiger partial charge on any atom is 0.315 e. The number of halogens is 1. The molecule has 0 bridgehead atoms. The van der Waals surface area contributed by atoms with E-state index in [-0.39, 0.29) is 5.97 Å². The number of rotatable bonds is 6. The van der Waals surface area contributed by atoms with Gasteiger partial charge in [0.15, 0.2) is 0 Å². The van der Waals surface area contributed by atoms with Crippen LogP contribution in [0.1, 0.15) is 26.7 Å². The van der Waals surface area contributed by atoms with Crippen LogP contribution >= 0.6 is 11.6 Å². The Balaban J connectivity index is 2.37. The molecule has 0 amide bonds. The molecule has 4 heteroatoms. The van der Waals surface area contributed by atoms with E-state index in [0.29, 0.717) is 12.5 Å². The first-order valence-corrected chi connectivity index (χ1v) is 6.17. The van der Waals surface area contributed by atoms with Gasteiger partial charge >= 0.3 is 5.97 Å². The van der Waals surface area contributed by atoms with Gasteiger partial charge in [-0.1, -0.05) is 13.3 Å². The van der Waals surface area contributed by atoms with E-state index in [9.17, 15) is 4.79 Å². The Morgan fingerprint density at radius 3 is 2.60 bits per heavy atom. The van der Waals surface area contributed by atoms with E-state index in [1.165, 1.54) is 12.8 Å². The van der Waals surface area contributed by atoms with Gasteiger partial charge < -0.3 is 9.64 Å². The Bertz CT molecular complexity index is 215. The zero-order valence-electron chi connectivity index (χ0n) is 9.59. The number of carbonyl (C=O) groups is 1. The van der Waals surface area contributed by atoms with Gasteiger partial charge in [0.25, 0.3) is 0 Å². The molecule has 1 rings (SSSR count). The lowest BCUT2D eigenvalue weighted by atomic mass is 9.81. The molecule has 0 unspecified atom stereocenters. The molecular formula is C11H20ClNO2. The van der Waals surface area contributed by atoms with Crippen molar-refractivity contribution in [3.05, 3.63) is 0 Å². The zero-order valence-corrected chi connectivity index (χ0v) is 10.3. The molecule has 0 atom stereocenters. The number of likely N-dealkylation sites (tertiary alicyclic amines) is 1. The van der Waals surface area contributed by atoms with Crippen molar-refractivity contribution in [2.45, 2.75) is 26.7 Å². The predicted octanol–water partition coefficient (Wildman–Crippen LogP) is 1.89. The number of unbranched alkanes of at least 4 members (excludes halogenated alkanes) is 1. The van der Waals surface area contributed by atoms with E-state index in [4.69, 9.17) is 16.3 Å². The fourth-order valence-electron chi connectivity index (χ4n) is 1.90. The third kappa shape index (κ3) is 2.85. The smallest absolute Gasteiger partial charge is 0.315 e. The molecule has 1 fully saturated rings. The van der Waals surface area contributed by atoms with Gasteiger partial charge in [0.2, 0.25) is 0 Å². The number of carbonyl (C=O) groups excluding carboxylic acids is 1. The van der Waals surface area contributed by atoms with Crippen molar-refractivity contribution in [1.82, 2.24) is 4.90 Å². The second-order valence-electron chi connectivity index (χ2n) is 4.20. The summed E-state index contributed by atoms with van der Waals surface area (Å²) in [5.41, 5.74) is -0.425. The van der Waals surface area contributed by atoms with Crippen LogP contribution in [0.2, 0.25) is 0 Å². The van der Waals surface area contributed by atoms with E-state index >= 15 is 0 Å². The Kier molecular flexibility index (Phi) is 4.87. The second-order valence-corrected chi connectivity index (χ2v) is 4.47. The minimum atomic E-state index is -0.425. The number of alkyl halides is 1. The third-order valence-electron chi connectivity index (χ3n) is 2.84. The molecule has 88 valence electrons. The van der Waals surface area contributed by atoms with Gasteiger partial charge in [-0.25, -0.2) is 0 Å². The lowest BCUT2D eigenvalue weighted by Crippen LogP contribution is -2.62. The average Bonchev–Trinajstić information content (AvgIpc) is 2.17. The Morgan fingerprint density at radius 1 is 1.47 bits per heavy atom. The van der Waals surface area contributed by atoms with Crippen LogP contribution in [0, 0.1) is 5.41 Å². The van der Waals surface area contributed by atoms with Gasteiger partial charge in [-0.2, -0.15) is 0 Å². The molecule has 0 aromatic carbocycles. The normalized spacial score (nSPS) is 19.7. The molecule has 1 aliphatic heterocycles. The van der Waals surface area contributed by atoms with E-state index in [0.717, 1.165) is 19.6 Å². The molecule has 1 heterocycles. The number of hydrogen-bond acceptors (Lipinski definition) is 3. The summed E-state index contributed by atoms with van der Waals surface area (Å²) in [7, 11) is 0. The van der Waals surface area contributed by atoms with Gasteiger partial charge in [0.05, 0.1) is 6.61 Å². The number of esters is 1. The summed E-state index contributed by atoms with van der Waals surface area (Å²) in [4.78, 5) is 13.9. The lowest BCUT2D eigenvalue weighted by molar-refractivity contribution is -0.164. The molecule has 0 spiro atoms. The first kappa shape index (κ1) is 12.8. The highest BCUT2D eigenvalue weighted by Crippen LogP contribution is 2.33. The molecule has 0 N–H and O–H groups in total. The van der Waals surface area contributed by atoms with E-state index in [1.807, 2.05) is 6.92 Å². The third-order valence-corrected chi connectivity index (χ3v) is 3.36. The fraction of sp³-hybridized carbons (Fsp3) is 0.909. The maximum atomic E-state index is 11.7. The SMILES string of the molecule is CCCCN1CC(CCl)(C(=O)OCC)C1. The van der Waals surface area contributed by atoms with Crippen molar-refractivity contribution in [2.24, 2.45) is 5.41 Å². The molecule has 1 saturated heterocycles. The fourth-order valence-corrected chi connectivity index (χ4v) is 2.18. The van der Waals surface area contributed by atoms with Crippen molar-refractivity contribution in [2.75, 3.05) is 32.1 Å². The standard InChI is InChI=1S/C11H20ClNO2/c1-3-5-6-13-8-11(7-12,9-13)10(14)15-4-2/h3-9H2,1-2H3. The Morgan fingerprint density at radius 2 is 2.13 bits per heavy atom. The largest absolute Gasteiger partial charge is 0.465 e. The van der Waals surface area contributed by atoms with E-state index in [2.05, 4.69) is 11.8 Å². The Labute approximate surface area is 96.7 Å². The molecule has 0 saturated carbocycles. The van der Waals surface area contributed by atoms with Crippen molar-refractivity contribution in [1.29, 1.82) is 0 Å². The zero-order chi connectivity index (χ0) is 11.3. The molecule has 0 aromatic rings. The van der Waals surface area contributed by atoms with Crippen LogP contribution in [-0.4, -0.2) is 43.0 Å². The predicted molar refractivity (Wildman–Crippen MR) is 61.1 cm³/mol. The minimum Gasteiger partial charge on any atom is -0.465 e. The van der Waals surface area contributed by atoms with E-state index < -0.39 is 5.41 Å². The van der Waals surface area contributed by atoms with Crippen molar-refractivity contribution in [3.8, 4) is 0 Å². The number of nitrogens with zero attached hydrogens (tertiary/aromatic N) is 1. The van der Waals surface area contributed by atoms with Crippen LogP contribution < -0.4 is 0 Å². The topological polar surface area (TPSA) is 29.5 Å². The quantitative estimate of drug-likeness (QED) is 0.518. The first-order valence-electron chi connectivity index (χ1n) is 5.64. The maximum absolute atomic E-state index is 11.7. The highest BCUT2D eigenvalue weighted by Gasteiger charge is 2.49. The molecule has 15 heavy (non-hydrogen) atoms. The van der Waals surface area contributed by atoms with Crippen LogP contribution in [0.4, 0.5) is 0 Å². The molecular weight excluding hydrogens is 214 g/mol. The summed E-state index contributed by atoms with van der Waals surface area (Å²) in [5.74, 6) is 0.238. The molecule has 0 aromatic heterocycles. The Hall–Kier alpha value is -0.280. The highest BCUT2D eigenvalue weighted by atomic mass is 35.5. The van der Waals surface area contributed by atoms with Crippen LogP contribution in [0.3, 0.4) is 0 Å². The molecule has 0 radical (unpaired) electrons. The monoisotopic (exact) mass is 233 g/mol. The number of ether oxygens (including phenoxy) is 1. The number of hydrogen-bond donors (Lipinski definition) is 0. The molecule has 3 nitrogen and oxygen atoms in total. The van der Waals surface area contributed by atoms with Crippen molar-refractivity contribution in [3.63, 3.8) is 0 Å². The highest BCUT2D eigenvalue weighted by molar-refractivity contribution is 6.20. The van der Waals surface area contributed by atoms with Crippen molar-refractivity contribution < 1.29 is 9.53 Å². The summed E-state index contributed by atoms with van der Waals surface area (Å²) in [6.07, 6.45) is 2.37. The molecule has 0 aliphatic carbocycles. The van der Waals surface area contributed by atoms with Crippen LogP contribution in [0.15, 0.2) is 0 Å². The van der Waals surface area contributed by atoms with Crippen LogP contribution in [0.25, 0.3) is 0 Å². The summed E-state index contributed by atoms with van der Waals surface area (Å²) in [6, 6.07) is 0.